The minimum Gasteiger partial charge on any atom is -0.276 e. The molecular formula is C19H23NO2. The molecule has 6 aliphatic carbocycles. The zero-order valence-electron chi connectivity index (χ0n) is 12.9. The Morgan fingerprint density at radius 1 is 0.773 bits per heavy atom. The van der Waals surface area contributed by atoms with E-state index in [9.17, 15) is 9.59 Å². The van der Waals surface area contributed by atoms with Crippen molar-refractivity contribution in [2.45, 2.75) is 50.5 Å². The molecule has 1 aliphatic heterocycles. The molecule has 6 fully saturated rings. The van der Waals surface area contributed by atoms with Crippen LogP contribution in [0, 0.1) is 41.4 Å². The van der Waals surface area contributed by atoms with Crippen molar-refractivity contribution in [1.82, 2.24) is 4.90 Å². The Balaban J connectivity index is 1.41. The number of imide groups is 1. The van der Waals surface area contributed by atoms with Crippen LogP contribution in [0.3, 0.4) is 0 Å². The Labute approximate surface area is 131 Å². The highest BCUT2D eigenvalue weighted by molar-refractivity contribution is 6.07. The standard InChI is InChI=1S/C19H23NO2/c21-17-15-13-1-2-14(6-13)16(15)18(22)20(17)19-7-10-3-11(8-19)5-12(4-10)9-19/h1-2,10-16H,3-9H2/t10?,11?,12?,13-,14?,15+,16-,19?/m1/s1. The van der Waals surface area contributed by atoms with Gasteiger partial charge in [0.25, 0.3) is 0 Å². The molecule has 0 aromatic carbocycles. The molecule has 4 atom stereocenters. The summed E-state index contributed by atoms with van der Waals surface area (Å²) in [4.78, 5) is 28.2. The summed E-state index contributed by atoms with van der Waals surface area (Å²) in [5, 5.41) is 0. The summed E-state index contributed by atoms with van der Waals surface area (Å²) in [6.45, 7) is 0. The molecule has 22 heavy (non-hydrogen) atoms. The molecule has 5 saturated carbocycles. The number of fused-ring (bicyclic) bond motifs is 5. The number of hydrogen-bond donors (Lipinski definition) is 0. The number of amides is 2. The van der Waals surface area contributed by atoms with Crippen LogP contribution in [0.2, 0.25) is 0 Å². The van der Waals surface area contributed by atoms with Gasteiger partial charge in [-0.15, -0.1) is 0 Å². The van der Waals surface area contributed by atoms with Crippen molar-refractivity contribution in [1.29, 1.82) is 0 Å². The first kappa shape index (κ1) is 12.3. The number of likely N-dealkylation sites (tertiary alicyclic amines) is 1. The number of carbonyl (C=O) groups is 2. The van der Waals surface area contributed by atoms with Gasteiger partial charge in [-0.3, -0.25) is 14.5 Å². The predicted molar refractivity (Wildman–Crippen MR) is 80.5 cm³/mol. The van der Waals surface area contributed by atoms with Gasteiger partial charge in [0.05, 0.1) is 17.4 Å². The van der Waals surface area contributed by atoms with Gasteiger partial charge >= 0.3 is 0 Å². The Hall–Kier alpha value is -1.12. The summed E-state index contributed by atoms with van der Waals surface area (Å²) in [5.41, 5.74) is -0.0767. The molecule has 3 heteroatoms. The number of hydrogen-bond acceptors (Lipinski definition) is 2. The highest BCUT2D eigenvalue weighted by Crippen LogP contribution is 2.61. The van der Waals surface area contributed by atoms with Gasteiger partial charge in [-0.05, 0) is 74.5 Å². The van der Waals surface area contributed by atoms with Gasteiger partial charge in [0.15, 0.2) is 0 Å². The van der Waals surface area contributed by atoms with E-state index in [0.29, 0.717) is 11.8 Å². The molecule has 2 amide bonds. The van der Waals surface area contributed by atoms with E-state index in [4.69, 9.17) is 0 Å². The maximum atomic E-state index is 13.2. The molecular weight excluding hydrogens is 274 g/mol. The molecule has 7 rings (SSSR count). The molecule has 6 bridgehead atoms. The monoisotopic (exact) mass is 297 g/mol. The lowest BCUT2D eigenvalue weighted by molar-refractivity contribution is -0.160. The second-order valence-corrected chi connectivity index (χ2v) is 9.15. The first-order valence-corrected chi connectivity index (χ1v) is 9.21. The average Bonchev–Trinajstić information content (AvgIpc) is 3.11. The number of nitrogens with zero attached hydrogens (tertiary/aromatic N) is 1. The van der Waals surface area contributed by atoms with Gasteiger partial charge in [0, 0.05) is 0 Å². The maximum Gasteiger partial charge on any atom is 0.234 e. The van der Waals surface area contributed by atoms with Gasteiger partial charge < -0.3 is 0 Å². The van der Waals surface area contributed by atoms with Crippen molar-refractivity contribution >= 4 is 11.8 Å². The summed E-state index contributed by atoms with van der Waals surface area (Å²) < 4.78 is 0. The van der Waals surface area contributed by atoms with Crippen LogP contribution >= 0.6 is 0 Å². The van der Waals surface area contributed by atoms with Gasteiger partial charge in [0.1, 0.15) is 0 Å². The van der Waals surface area contributed by atoms with Gasteiger partial charge in [-0.2, -0.15) is 0 Å². The highest BCUT2D eigenvalue weighted by atomic mass is 16.2. The third-order valence-electron chi connectivity index (χ3n) is 7.95. The third-order valence-corrected chi connectivity index (χ3v) is 7.95. The minimum atomic E-state index is -0.0767. The van der Waals surface area contributed by atoms with E-state index < -0.39 is 0 Å². The Morgan fingerprint density at radius 3 is 1.68 bits per heavy atom. The number of allylic oxidation sites excluding steroid dienone is 2. The fraction of sp³-hybridized carbons (Fsp3) is 0.789. The predicted octanol–water partition coefficient (Wildman–Crippen LogP) is 2.76. The van der Waals surface area contributed by atoms with Crippen LogP contribution in [0.5, 0.6) is 0 Å². The maximum absolute atomic E-state index is 13.2. The molecule has 1 unspecified atom stereocenters. The molecule has 1 saturated heterocycles. The minimum absolute atomic E-state index is 0.00416. The van der Waals surface area contributed by atoms with Crippen LogP contribution in [-0.2, 0) is 9.59 Å². The van der Waals surface area contributed by atoms with Crippen molar-refractivity contribution in [3.8, 4) is 0 Å². The fourth-order valence-electron chi connectivity index (χ4n) is 7.71. The molecule has 0 N–H and O–H groups in total. The zero-order valence-corrected chi connectivity index (χ0v) is 12.9. The fourth-order valence-corrected chi connectivity index (χ4v) is 7.71. The van der Waals surface area contributed by atoms with E-state index in [1.54, 1.807) is 0 Å². The van der Waals surface area contributed by atoms with E-state index in [1.165, 1.54) is 19.3 Å². The normalized spacial score (nSPS) is 57.3. The number of carbonyl (C=O) groups excluding carboxylic acids is 2. The van der Waals surface area contributed by atoms with Crippen LogP contribution < -0.4 is 0 Å². The lowest BCUT2D eigenvalue weighted by Crippen LogP contribution is -2.62. The molecule has 0 radical (unpaired) electrons. The van der Waals surface area contributed by atoms with E-state index in [2.05, 4.69) is 12.2 Å². The van der Waals surface area contributed by atoms with Crippen molar-refractivity contribution in [3.63, 3.8) is 0 Å². The highest BCUT2D eigenvalue weighted by Gasteiger charge is 2.65. The molecule has 0 aromatic rings. The molecule has 0 aromatic heterocycles. The molecule has 116 valence electrons. The number of rotatable bonds is 1. The van der Waals surface area contributed by atoms with Gasteiger partial charge in [-0.25, -0.2) is 0 Å². The average molecular weight is 297 g/mol. The van der Waals surface area contributed by atoms with Crippen molar-refractivity contribution < 1.29 is 9.59 Å². The molecule has 7 aliphatic rings. The summed E-state index contributed by atoms with van der Waals surface area (Å²) in [6, 6.07) is 0. The van der Waals surface area contributed by atoms with E-state index in [0.717, 1.165) is 43.4 Å². The lowest BCUT2D eigenvalue weighted by Gasteiger charge is -2.59. The molecule has 0 spiro atoms. The SMILES string of the molecule is O=C1[C@H]2[C@@H]3C=CC(C3)[C@H]2C(=O)N1C12CC3CC(CC(C3)C1)C2. The largest absolute Gasteiger partial charge is 0.276 e. The van der Waals surface area contributed by atoms with Crippen LogP contribution in [0.25, 0.3) is 0 Å². The lowest BCUT2D eigenvalue weighted by atomic mass is 9.52. The topological polar surface area (TPSA) is 37.4 Å². The second-order valence-electron chi connectivity index (χ2n) is 9.15. The van der Waals surface area contributed by atoms with E-state index in [-0.39, 0.29) is 29.2 Å². The van der Waals surface area contributed by atoms with Gasteiger partial charge in [0.2, 0.25) is 11.8 Å². The first-order chi connectivity index (χ1) is 10.6. The van der Waals surface area contributed by atoms with E-state index in [1.807, 2.05) is 4.90 Å². The summed E-state index contributed by atoms with van der Waals surface area (Å²) >= 11 is 0. The summed E-state index contributed by atoms with van der Waals surface area (Å²) in [6.07, 6.45) is 12.9. The first-order valence-electron chi connectivity index (χ1n) is 9.21. The second kappa shape index (κ2) is 3.68. The third kappa shape index (κ3) is 1.27. The van der Waals surface area contributed by atoms with Crippen molar-refractivity contribution in [2.75, 3.05) is 0 Å². The van der Waals surface area contributed by atoms with Gasteiger partial charge in [-0.1, -0.05) is 12.2 Å². The van der Waals surface area contributed by atoms with E-state index >= 15 is 0 Å². The summed E-state index contributed by atoms with van der Waals surface area (Å²) in [7, 11) is 0. The summed E-state index contributed by atoms with van der Waals surface area (Å²) in [5.74, 6) is 3.44. The molecule has 1 heterocycles. The Bertz CT molecular complexity index is 556. The zero-order chi connectivity index (χ0) is 14.6. The molecule has 3 nitrogen and oxygen atoms in total. The Morgan fingerprint density at radius 2 is 1.23 bits per heavy atom. The van der Waals surface area contributed by atoms with Crippen LogP contribution in [0.1, 0.15) is 44.9 Å². The van der Waals surface area contributed by atoms with Crippen LogP contribution in [0.15, 0.2) is 12.2 Å². The van der Waals surface area contributed by atoms with Crippen molar-refractivity contribution in [2.24, 2.45) is 41.4 Å². The van der Waals surface area contributed by atoms with Crippen LogP contribution in [0.4, 0.5) is 0 Å². The van der Waals surface area contributed by atoms with Crippen LogP contribution in [-0.4, -0.2) is 22.3 Å². The quantitative estimate of drug-likeness (QED) is 0.551. The smallest absolute Gasteiger partial charge is 0.234 e. The Kier molecular flexibility index (Phi) is 2.06. The van der Waals surface area contributed by atoms with Crippen molar-refractivity contribution in [3.05, 3.63) is 12.2 Å².